The smallest absolute Gasteiger partial charge is 0.162 e. The predicted molar refractivity (Wildman–Crippen MR) is 72.7 cm³/mol. The average Bonchev–Trinajstić information content (AvgIpc) is 2.45. The van der Waals surface area contributed by atoms with Crippen LogP contribution in [0.5, 0.6) is 0 Å². The number of ether oxygens (including phenoxy) is 1. The van der Waals surface area contributed by atoms with Crippen LogP contribution in [-0.4, -0.2) is 25.5 Å². The number of Topliss-reactive ketones (excluding diaryl/α,β-unsaturated/α-hetero) is 1. The van der Waals surface area contributed by atoms with Gasteiger partial charge in [-0.05, 0) is 17.5 Å². The first-order valence-electron chi connectivity index (χ1n) is 6.18. The molecular weight excluding hydrogens is 244 g/mol. The van der Waals surface area contributed by atoms with Crippen molar-refractivity contribution in [1.29, 1.82) is 0 Å². The highest BCUT2D eigenvalue weighted by atomic mass is 16.5. The Balaban J connectivity index is 2.38. The van der Waals surface area contributed by atoms with Gasteiger partial charge in [-0.1, -0.05) is 29.4 Å². The Morgan fingerprint density at radius 1 is 1.32 bits per heavy atom. The Kier molecular flexibility index (Phi) is 7.27. The van der Waals surface area contributed by atoms with E-state index in [0.717, 1.165) is 5.56 Å². The van der Waals surface area contributed by atoms with Crippen molar-refractivity contribution in [3.63, 3.8) is 0 Å². The van der Waals surface area contributed by atoms with E-state index in [4.69, 9.17) is 16.0 Å². The van der Waals surface area contributed by atoms with Crippen LogP contribution in [0.15, 0.2) is 29.4 Å². The molecule has 0 saturated heterocycles. The summed E-state index contributed by atoms with van der Waals surface area (Å²) >= 11 is 0. The second-order valence-electron chi connectivity index (χ2n) is 4.01. The molecular formula is C13H18N4O2. The van der Waals surface area contributed by atoms with Gasteiger partial charge in [0.05, 0.1) is 13.2 Å². The van der Waals surface area contributed by atoms with E-state index in [1.165, 1.54) is 0 Å². The van der Waals surface area contributed by atoms with Crippen LogP contribution in [0.4, 0.5) is 0 Å². The number of carbonyl (C=O) groups excluding carboxylic acids is 1. The summed E-state index contributed by atoms with van der Waals surface area (Å²) in [5.74, 6) is 0.0895. The van der Waals surface area contributed by atoms with Crippen molar-refractivity contribution in [2.24, 2.45) is 10.8 Å². The topological polar surface area (TPSA) is 101 Å². The van der Waals surface area contributed by atoms with Gasteiger partial charge in [0, 0.05) is 30.0 Å². The Morgan fingerprint density at radius 3 is 2.68 bits per heavy atom. The maximum Gasteiger partial charge on any atom is 0.162 e. The maximum atomic E-state index is 11.8. The zero-order valence-electron chi connectivity index (χ0n) is 10.8. The summed E-state index contributed by atoms with van der Waals surface area (Å²) in [5.41, 5.74) is 15.1. The van der Waals surface area contributed by atoms with Crippen LogP contribution in [0, 0.1) is 0 Å². The standard InChI is InChI=1S/C13H18N4O2/c14-7-9-19-8-1-2-13(18)12-5-3-11(4-6-12)10-16-17-15/h3-6H,1-2,7-10,14H2. The molecule has 1 rings (SSSR count). The van der Waals surface area contributed by atoms with Crippen LogP contribution >= 0.6 is 0 Å². The van der Waals surface area contributed by atoms with E-state index < -0.39 is 0 Å². The average molecular weight is 262 g/mol. The fourth-order valence-electron chi connectivity index (χ4n) is 1.57. The number of carbonyl (C=O) groups is 1. The van der Waals surface area contributed by atoms with E-state index in [-0.39, 0.29) is 5.78 Å². The largest absolute Gasteiger partial charge is 0.380 e. The lowest BCUT2D eigenvalue weighted by Gasteiger charge is -2.03. The van der Waals surface area contributed by atoms with Crippen molar-refractivity contribution in [3.05, 3.63) is 45.8 Å². The van der Waals surface area contributed by atoms with Crippen LogP contribution in [0.1, 0.15) is 28.8 Å². The zero-order chi connectivity index (χ0) is 13.9. The summed E-state index contributed by atoms with van der Waals surface area (Å²) in [7, 11) is 0. The minimum atomic E-state index is 0.0895. The molecule has 0 amide bonds. The van der Waals surface area contributed by atoms with Crippen molar-refractivity contribution in [2.75, 3.05) is 19.8 Å². The Bertz CT molecular complexity index is 438. The zero-order valence-corrected chi connectivity index (χ0v) is 10.8. The molecule has 0 aliphatic carbocycles. The molecule has 0 aliphatic heterocycles. The van der Waals surface area contributed by atoms with Gasteiger partial charge in [0.1, 0.15) is 0 Å². The summed E-state index contributed by atoms with van der Waals surface area (Å²) in [6, 6.07) is 7.11. The van der Waals surface area contributed by atoms with E-state index >= 15 is 0 Å². The van der Waals surface area contributed by atoms with Gasteiger partial charge in [0.15, 0.2) is 5.78 Å². The molecule has 6 nitrogen and oxygen atoms in total. The highest BCUT2D eigenvalue weighted by molar-refractivity contribution is 5.96. The number of benzene rings is 1. The lowest BCUT2D eigenvalue weighted by Crippen LogP contribution is -2.10. The fourth-order valence-corrected chi connectivity index (χ4v) is 1.57. The molecule has 0 bridgehead atoms. The summed E-state index contributed by atoms with van der Waals surface area (Å²) < 4.78 is 5.21. The number of hydrogen-bond acceptors (Lipinski definition) is 4. The van der Waals surface area contributed by atoms with Crippen LogP contribution < -0.4 is 5.73 Å². The molecule has 0 atom stereocenters. The Morgan fingerprint density at radius 2 is 2.05 bits per heavy atom. The van der Waals surface area contributed by atoms with Gasteiger partial charge in [0.2, 0.25) is 0 Å². The van der Waals surface area contributed by atoms with E-state index in [1.54, 1.807) is 24.3 Å². The molecule has 0 aromatic heterocycles. The summed E-state index contributed by atoms with van der Waals surface area (Å²) in [6.45, 7) is 1.89. The van der Waals surface area contributed by atoms with E-state index in [0.29, 0.717) is 44.7 Å². The Labute approximate surface area is 112 Å². The molecule has 0 saturated carbocycles. The third kappa shape index (κ3) is 6.01. The summed E-state index contributed by atoms with van der Waals surface area (Å²) in [6.07, 6.45) is 1.15. The van der Waals surface area contributed by atoms with E-state index in [1.807, 2.05) is 0 Å². The van der Waals surface area contributed by atoms with E-state index in [2.05, 4.69) is 10.0 Å². The van der Waals surface area contributed by atoms with Gasteiger partial charge >= 0.3 is 0 Å². The molecule has 6 heteroatoms. The minimum absolute atomic E-state index is 0.0895. The van der Waals surface area contributed by atoms with Gasteiger partial charge in [-0.15, -0.1) is 0 Å². The van der Waals surface area contributed by atoms with Crippen molar-refractivity contribution in [1.82, 2.24) is 0 Å². The lowest BCUT2D eigenvalue weighted by molar-refractivity contribution is 0.0943. The van der Waals surface area contributed by atoms with Gasteiger partial charge in [-0.25, -0.2) is 0 Å². The van der Waals surface area contributed by atoms with Crippen molar-refractivity contribution >= 4 is 5.78 Å². The number of nitrogens with zero attached hydrogens (tertiary/aromatic N) is 3. The molecule has 0 unspecified atom stereocenters. The monoisotopic (exact) mass is 262 g/mol. The van der Waals surface area contributed by atoms with Crippen LogP contribution in [0.3, 0.4) is 0 Å². The molecule has 0 spiro atoms. The fraction of sp³-hybridized carbons (Fsp3) is 0.462. The molecule has 0 fully saturated rings. The van der Waals surface area contributed by atoms with Gasteiger partial charge < -0.3 is 10.5 Å². The van der Waals surface area contributed by atoms with Crippen LogP contribution in [0.25, 0.3) is 10.4 Å². The molecule has 0 aliphatic rings. The Hall–Kier alpha value is -1.88. The third-order valence-electron chi connectivity index (χ3n) is 2.55. The van der Waals surface area contributed by atoms with Crippen molar-refractivity contribution in [3.8, 4) is 0 Å². The summed E-state index contributed by atoms with van der Waals surface area (Å²) in [4.78, 5) is 14.5. The van der Waals surface area contributed by atoms with Crippen LogP contribution in [0.2, 0.25) is 0 Å². The normalized spacial score (nSPS) is 9.95. The molecule has 2 N–H and O–H groups in total. The SMILES string of the molecule is [N-]=[N+]=NCc1ccc(C(=O)CCCOCCN)cc1. The predicted octanol–water partition coefficient (Wildman–Crippen LogP) is 2.44. The molecule has 0 radical (unpaired) electrons. The van der Waals surface area contributed by atoms with Crippen molar-refractivity contribution in [2.45, 2.75) is 19.4 Å². The van der Waals surface area contributed by atoms with Crippen LogP contribution in [-0.2, 0) is 11.3 Å². The third-order valence-corrected chi connectivity index (χ3v) is 2.55. The highest BCUT2D eigenvalue weighted by Crippen LogP contribution is 2.09. The number of ketones is 1. The lowest BCUT2D eigenvalue weighted by atomic mass is 10.0. The first-order valence-corrected chi connectivity index (χ1v) is 6.18. The first kappa shape index (κ1) is 15.2. The highest BCUT2D eigenvalue weighted by Gasteiger charge is 2.05. The summed E-state index contributed by atoms with van der Waals surface area (Å²) in [5, 5.41) is 3.46. The second kappa shape index (κ2) is 9.10. The van der Waals surface area contributed by atoms with Gasteiger partial charge in [-0.3, -0.25) is 4.79 Å². The number of nitrogens with two attached hydrogens (primary N) is 1. The molecule has 1 aromatic carbocycles. The first-order chi connectivity index (χ1) is 9.27. The van der Waals surface area contributed by atoms with Gasteiger partial charge in [-0.2, -0.15) is 0 Å². The van der Waals surface area contributed by atoms with E-state index in [9.17, 15) is 4.79 Å². The second-order valence-corrected chi connectivity index (χ2v) is 4.01. The molecule has 102 valence electrons. The maximum absolute atomic E-state index is 11.8. The quantitative estimate of drug-likeness (QED) is 0.243. The minimum Gasteiger partial charge on any atom is -0.380 e. The van der Waals surface area contributed by atoms with Gasteiger partial charge in [0.25, 0.3) is 0 Å². The molecule has 0 heterocycles. The van der Waals surface area contributed by atoms with Crippen molar-refractivity contribution < 1.29 is 9.53 Å². The number of rotatable bonds is 9. The molecule has 1 aromatic rings. The number of azide groups is 1. The molecule has 19 heavy (non-hydrogen) atoms. The number of hydrogen-bond donors (Lipinski definition) is 1.